The number of rotatable bonds is 0. The van der Waals surface area contributed by atoms with Crippen LogP contribution in [0, 0.1) is 11.6 Å². The van der Waals surface area contributed by atoms with Crippen LogP contribution >= 0.6 is 11.6 Å². The van der Waals surface area contributed by atoms with E-state index in [-0.39, 0.29) is 17.3 Å². The topological polar surface area (TPSA) is 55.6 Å². The van der Waals surface area contributed by atoms with E-state index >= 15 is 0 Å². The van der Waals surface area contributed by atoms with Crippen molar-refractivity contribution in [1.82, 2.24) is 19.1 Å². The molecule has 0 fully saturated rings. The molecule has 0 spiro atoms. The minimum Gasteiger partial charge on any atom is -0.318 e. The van der Waals surface area contributed by atoms with Crippen molar-refractivity contribution in [3.05, 3.63) is 63.8 Å². The van der Waals surface area contributed by atoms with E-state index in [4.69, 9.17) is 11.6 Å². The molecule has 5 nitrogen and oxygen atoms in total. The molecule has 1 N–H and O–H groups in total. The third kappa shape index (κ3) is 2.90. The quantitative estimate of drug-likeness (QED) is 0.528. The van der Waals surface area contributed by atoms with Crippen LogP contribution in [-0.4, -0.2) is 19.1 Å². The molecule has 4 aromatic rings. The van der Waals surface area contributed by atoms with Gasteiger partial charge in [0.05, 0.1) is 22.1 Å². The number of nitrogens with one attached hydrogen (secondary N) is 1. The molecule has 0 amide bonds. The molecule has 0 atom stereocenters. The van der Waals surface area contributed by atoms with Crippen molar-refractivity contribution in [2.24, 2.45) is 14.1 Å². The molecule has 4 rings (SSSR count). The van der Waals surface area contributed by atoms with Gasteiger partial charge in [-0.3, -0.25) is 4.57 Å². The van der Waals surface area contributed by atoms with Gasteiger partial charge in [0.15, 0.2) is 0 Å². The Labute approximate surface area is 140 Å². The molecule has 0 aliphatic rings. The van der Waals surface area contributed by atoms with Gasteiger partial charge in [-0.05, 0) is 41.9 Å². The Hall–Kier alpha value is -2.67. The molecular formula is C16H13ClF2N4O. The maximum Gasteiger partial charge on any atom is 0.326 e. The van der Waals surface area contributed by atoms with E-state index in [1.165, 1.54) is 28.8 Å². The first-order valence-corrected chi connectivity index (χ1v) is 7.36. The Morgan fingerprint density at radius 1 is 1.00 bits per heavy atom. The van der Waals surface area contributed by atoms with Crippen LogP contribution in [0.15, 0.2) is 41.2 Å². The fourth-order valence-electron chi connectivity index (χ4n) is 2.35. The van der Waals surface area contributed by atoms with E-state index in [2.05, 4.69) is 9.97 Å². The van der Waals surface area contributed by atoms with Gasteiger partial charge in [-0.25, -0.2) is 18.6 Å². The van der Waals surface area contributed by atoms with E-state index in [0.29, 0.717) is 21.8 Å². The number of fused-ring (bicyclic) bond motifs is 2. The first-order valence-electron chi connectivity index (χ1n) is 6.98. The fourth-order valence-corrected chi connectivity index (χ4v) is 2.53. The highest BCUT2D eigenvalue weighted by Gasteiger charge is 2.05. The molecule has 0 saturated carbocycles. The first kappa shape index (κ1) is 16.2. The number of aryl methyl sites for hydroxylation is 2. The van der Waals surface area contributed by atoms with Gasteiger partial charge in [0.25, 0.3) is 0 Å². The monoisotopic (exact) mass is 350 g/mol. The minimum atomic E-state index is -0.343. The molecule has 0 unspecified atom stereocenters. The lowest BCUT2D eigenvalue weighted by atomic mass is 10.3. The van der Waals surface area contributed by atoms with Crippen LogP contribution in [0.1, 0.15) is 0 Å². The largest absolute Gasteiger partial charge is 0.326 e. The molecule has 0 aliphatic heterocycles. The Kier molecular flexibility index (Phi) is 4.11. The lowest BCUT2D eigenvalue weighted by molar-refractivity contribution is 0.629. The second-order valence-electron chi connectivity index (χ2n) is 5.22. The summed E-state index contributed by atoms with van der Waals surface area (Å²) in [4.78, 5) is 17.5. The summed E-state index contributed by atoms with van der Waals surface area (Å²) in [5.41, 5.74) is 2.43. The smallest absolute Gasteiger partial charge is 0.318 e. The highest BCUT2D eigenvalue weighted by molar-refractivity contribution is 6.29. The molecule has 2 aromatic carbocycles. The van der Waals surface area contributed by atoms with Crippen LogP contribution in [-0.2, 0) is 14.1 Å². The normalized spacial score (nSPS) is 10.9. The molecule has 0 saturated heterocycles. The summed E-state index contributed by atoms with van der Waals surface area (Å²) >= 11 is 5.73. The summed E-state index contributed by atoms with van der Waals surface area (Å²) < 4.78 is 28.5. The summed E-state index contributed by atoms with van der Waals surface area (Å²) in [6.45, 7) is 0. The van der Waals surface area contributed by atoms with Crippen molar-refractivity contribution in [1.29, 1.82) is 0 Å². The van der Waals surface area contributed by atoms with Crippen molar-refractivity contribution in [3.63, 3.8) is 0 Å². The number of hydrogen-bond acceptors (Lipinski definition) is 2. The molecular weight excluding hydrogens is 338 g/mol. The summed E-state index contributed by atoms with van der Waals surface area (Å²) in [6, 6.07) is 8.61. The van der Waals surface area contributed by atoms with Gasteiger partial charge in [0.2, 0.25) is 5.28 Å². The molecule has 2 aromatic heterocycles. The van der Waals surface area contributed by atoms with Crippen molar-refractivity contribution < 1.29 is 8.78 Å². The number of hydrogen-bond donors (Lipinski definition) is 1. The van der Waals surface area contributed by atoms with E-state index < -0.39 is 0 Å². The molecule has 124 valence electrons. The average Bonchev–Trinajstić information content (AvgIpc) is 2.96. The first-order chi connectivity index (χ1) is 11.4. The molecule has 2 heterocycles. The standard InChI is InChI=1S/C8H6ClFN2.C8H7FN2O/c1-12-7-3-2-5(10)4-6(7)11-8(12)9;1-11-7-3-2-5(9)4-6(7)10-8(11)12/h2-4H,1H3;2-4H,1H3,(H,10,12). The number of benzene rings is 2. The third-order valence-electron chi connectivity index (χ3n) is 3.65. The van der Waals surface area contributed by atoms with Gasteiger partial charge in [0, 0.05) is 20.2 Å². The van der Waals surface area contributed by atoms with Gasteiger partial charge >= 0.3 is 5.69 Å². The Morgan fingerprint density at radius 2 is 1.62 bits per heavy atom. The van der Waals surface area contributed by atoms with Crippen molar-refractivity contribution in [3.8, 4) is 0 Å². The predicted octanol–water partition coefficient (Wildman–Crippen LogP) is 3.37. The number of imidazole rings is 2. The Bertz CT molecular complexity index is 1100. The molecule has 0 bridgehead atoms. The highest BCUT2D eigenvalue weighted by Crippen LogP contribution is 2.18. The Morgan fingerprint density at radius 3 is 2.33 bits per heavy atom. The number of nitrogens with zero attached hydrogens (tertiary/aromatic N) is 3. The van der Waals surface area contributed by atoms with Gasteiger partial charge in [-0.2, -0.15) is 0 Å². The predicted molar refractivity (Wildman–Crippen MR) is 89.2 cm³/mol. The van der Waals surface area contributed by atoms with E-state index in [1.807, 2.05) is 0 Å². The Balaban J connectivity index is 0.000000141. The molecule has 0 radical (unpaired) electrons. The molecule has 8 heteroatoms. The highest BCUT2D eigenvalue weighted by atomic mass is 35.5. The zero-order valence-corrected chi connectivity index (χ0v) is 13.6. The summed E-state index contributed by atoms with van der Waals surface area (Å²) in [5, 5.41) is 0.371. The second-order valence-corrected chi connectivity index (χ2v) is 5.56. The lowest BCUT2D eigenvalue weighted by Gasteiger charge is -1.93. The zero-order chi connectivity index (χ0) is 17.4. The van der Waals surface area contributed by atoms with Gasteiger partial charge in [-0.15, -0.1) is 0 Å². The minimum absolute atomic E-state index is 0.226. The fraction of sp³-hybridized carbons (Fsp3) is 0.125. The second kappa shape index (κ2) is 6.09. The van der Waals surface area contributed by atoms with Crippen LogP contribution in [0.2, 0.25) is 5.28 Å². The van der Waals surface area contributed by atoms with Crippen LogP contribution in [0.5, 0.6) is 0 Å². The molecule has 24 heavy (non-hydrogen) atoms. The van der Waals surface area contributed by atoms with Gasteiger partial charge < -0.3 is 9.55 Å². The summed E-state index contributed by atoms with van der Waals surface area (Å²) in [7, 11) is 3.43. The van der Waals surface area contributed by atoms with Crippen LogP contribution < -0.4 is 5.69 Å². The van der Waals surface area contributed by atoms with Crippen molar-refractivity contribution in [2.75, 3.05) is 0 Å². The van der Waals surface area contributed by atoms with E-state index in [9.17, 15) is 13.6 Å². The summed E-state index contributed by atoms with van der Waals surface area (Å²) in [6.07, 6.45) is 0. The lowest BCUT2D eigenvalue weighted by Crippen LogP contribution is -2.11. The molecule has 0 aliphatic carbocycles. The van der Waals surface area contributed by atoms with Crippen LogP contribution in [0.4, 0.5) is 8.78 Å². The van der Waals surface area contributed by atoms with Crippen LogP contribution in [0.3, 0.4) is 0 Å². The van der Waals surface area contributed by atoms with Crippen LogP contribution in [0.25, 0.3) is 22.1 Å². The third-order valence-corrected chi connectivity index (χ3v) is 3.99. The maximum absolute atomic E-state index is 12.7. The average molecular weight is 351 g/mol. The SMILES string of the molecule is Cn1c(=O)[nH]c2cc(F)ccc21.Cn1c(Cl)nc2cc(F)ccc21. The number of H-pyrrole nitrogens is 1. The summed E-state index contributed by atoms with van der Waals surface area (Å²) in [5.74, 6) is -0.637. The van der Waals surface area contributed by atoms with Gasteiger partial charge in [-0.1, -0.05) is 0 Å². The van der Waals surface area contributed by atoms with E-state index in [0.717, 1.165) is 5.52 Å². The van der Waals surface area contributed by atoms with E-state index in [1.54, 1.807) is 30.8 Å². The zero-order valence-electron chi connectivity index (χ0n) is 12.8. The van der Waals surface area contributed by atoms with Crippen molar-refractivity contribution >= 4 is 33.7 Å². The number of aromatic amines is 1. The number of halogens is 3. The van der Waals surface area contributed by atoms with Gasteiger partial charge in [0.1, 0.15) is 11.6 Å². The van der Waals surface area contributed by atoms with Crippen molar-refractivity contribution in [2.45, 2.75) is 0 Å². The maximum atomic E-state index is 12.7. The number of aromatic nitrogens is 4.